The number of piperidine rings is 1. The third-order valence-corrected chi connectivity index (χ3v) is 2.98. The topological polar surface area (TPSA) is 41.3 Å². The SMILES string of the molecule is CCN(C)CC1CNCC(CN)C1. The molecule has 0 aromatic carbocycles. The van der Waals surface area contributed by atoms with E-state index in [-0.39, 0.29) is 0 Å². The van der Waals surface area contributed by atoms with Crippen molar-refractivity contribution in [2.45, 2.75) is 13.3 Å². The van der Waals surface area contributed by atoms with Crippen LogP contribution in [0.1, 0.15) is 13.3 Å². The van der Waals surface area contributed by atoms with Crippen LogP contribution in [0.3, 0.4) is 0 Å². The lowest BCUT2D eigenvalue weighted by atomic mass is 9.90. The van der Waals surface area contributed by atoms with E-state index in [1.54, 1.807) is 0 Å². The molecule has 0 saturated carbocycles. The van der Waals surface area contributed by atoms with Gasteiger partial charge in [-0.15, -0.1) is 0 Å². The summed E-state index contributed by atoms with van der Waals surface area (Å²) in [6, 6.07) is 0. The second-order valence-corrected chi connectivity index (χ2v) is 4.22. The van der Waals surface area contributed by atoms with Gasteiger partial charge in [0.05, 0.1) is 0 Å². The van der Waals surface area contributed by atoms with Gasteiger partial charge in [-0.25, -0.2) is 0 Å². The first-order valence-electron chi connectivity index (χ1n) is 5.35. The number of hydrogen-bond donors (Lipinski definition) is 2. The normalized spacial score (nSPS) is 29.5. The molecule has 1 fully saturated rings. The van der Waals surface area contributed by atoms with Crippen molar-refractivity contribution in [3.05, 3.63) is 0 Å². The van der Waals surface area contributed by atoms with Gasteiger partial charge >= 0.3 is 0 Å². The molecule has 0 aromatic rings. The van der Waals surface area contributed by atoms with Crippen molar-refractivity contribution in [3.63, 3.8) is 0 Å². The molecule has 3 N–H and O–H groups in total. The number of nitrogens with two attached hydrogens (primary N) is 1. The van der Waals surface area contributed by atoms with Crippen molar-refractivity contribution in [2.24, 2.45) is 17.6 Å². The Bertz CT molecular complexity index is 136. The minimum Gasteiger partial charge on any atom is -0.330 e. The van der Waals surface area contributed by atoms with Gasteiger partial charge in [-0.1, -0.05) is 6.92 Å². The molecule has 0 aliphatic carbocycles. The van der Waals surface area contributed by atoms with Crippen molar-refractivity contribution < 1.29 is 0 Å². The molecule has 0 amide bonds. The van der Waals surface area contributed by atoms with Crippen LogP contribution in [0, 0.1) is 11.8 Å². The standard InChI is InChI=1S/C10H23N3/c1-3-13(2)8-10-4-9(5-11)6-12-7-10/h9-10,12H,3-8,11H2,1-2H3. The lowest BCUT2D eigenvalue weighted by Gasteiger charge is -2.31. The van der Waals surface area contributed by atoms with E-state index in [0.29, 0.717) is 5.92 Å². The van der Waals surface area contributed by atoms with Crippen LogP contribution < -0.4 is 11.1 Å². The summed E-state index contributed by atoms with van der Waals surface area (Å²) in [5.74, 6) is 1.50. The summed E-state index contributed by atoms with van der Waals surface area (Å²) in [7, 11) is 2.19. The lowest BCUT2D eigenvalue weighted by Crippen LogP contribution is -2.43. The van der Waals surface area contributed by atoms with Crippen molar-refractivity contribution in [1.29, 1.82) is 0 Å². The minimum atomic E-state index is 0.698. The molecule has 0 aromatic heterocycles. The molecule has 13 heavy (non-hydrogen) atoms. The Kier molecular flexibility index (Phi) is 4.70. The lowest BCUT2D eigenvalue weighted by molar-refractivity contribution is 0.217. The van der Waals surface area contributed by atoms with Gasteiger partial charge in [-0.2, -0.15) is 0 Å². The van der Waals surface area contributed by atoms with Gasteiger partial charge in [0.15, 0.2) is 0 Å². The van der Waals surface area contributed by atoms with Crippen LogP contribution in [-0.2, 0) is 0 Å². The van der Waals surface area contributed by atoms with Gasteiger partial charge in [0.25, 0.3) is 0 Å². The van der Waals surface area contributed by atoms with Crippen molar-refractivity contribution >= 4 is 0 Å². The van der Waals surface area contributed by atoms with Gasteiger partial charge < -0.3 is 16.0 Å². The predicted molar refractivity (Wildman–Crippen MR) is 56.7 cm³/mol. The monoisotopic (exact) mass is 185 g/mol. The van der Waals surface area contributed by atoms with Gasteiger partial charge in [0.1, 0.15) is 0 Å². The molecule has 0 spiro atoms. The first-order valence-corrected chi connectivity index (χ1v) is 5.35. The largest absolute Gasteiger partial charge is 0.330 e. The fourth-order valence-electron chi connectivity index (χ4n) is 2.02. The third kappa shape index (κ3) is 3.63. The van der Waals surface area contributed by atoms with Gasteiger partial charge in [0.2, 0.25) is 0 Å². The average Bonchev–Trinajstić information content (AvgIpc) is 2.18. The van der Waals surface area contributed by atoms with Crippen molar-refractivity contribution in [1.82, 2.24) is 10.2 Å². The maximum absolute atomic E-state index is 5.68. The van der Waals surface area contributed by atoms with Crippen LogP contribution in [0.15, 0.2) is 0 Å². The van der Waals surface area contributed by atoms with E-state index < -0.39 is 0 Å². The third-order valence-electron chi connectivity index (χ3n) is 2.98. The molecule has 1 heterocycles. The fraction of sp³-hybridized carbons (Fsp3) is 1.00. The van der Waals surface area contributed by atoms with E-state index in [0.717, 1.165) is 25.6 Å². The molecular weight excluding hydrogens is 162 g/mol. The van der Waals surface area contributed by atoms with Gasteiger partial charge in [-0.05, 0) is 51.5 Å². The molecular formula is C10H23N3. The van der Waals surface area contributed by atoms with E-state index >= 15 is 0 Å². The van der Waals surface area contributed by atoms with E-state index in [1.165, 1.54) is 19.5 Å². The molecule has 1 rings (SSSR count). The zero-order valence-corrected chi connectivity index (χ0v) is 8.92. The van der Waals surface area contributed by atoms with Crippen LogP contribution in [0.2, 0.25) is 0 Å². The summed E-state index contributed by atoms with van der Waals surface area (Å²) < 4.78 is 0. The molecule has 2 unspecified atom stereocenters. The Morgan fingerprint density at radius 3 is 2.69 bits per heavy atom. The van der Waals surface area contributed by atoms with Gasteiger partial charge in [-0.3, -0.25) is 0 Å². The summed E-state index contributed by atoms with van der Waals surface area (Å²) in [6.07, 6.45) is 1.30. The maximum Gasteiger partial charge on any atom is 0.00187 e. The first kappa shape index (κ1) is 11.0. The Morgan fingerprint density at radius 1 is 1.38 bits per heavy atom. The van der Waals surface area contributed by atoms with Crippen LogP contribution in [0.4, 0.5) is 0 Å². The quantitative estimate of drug-likeness (QED) is 0.654. The molecule has 1 aliphatic heterocycles. The molecule has 78 valence electrons. The summed E-state index contributed by atoms with van der Waals surface area (Å²) in [5.41, 5.74) is 5.68. The number of nitrogens with zero attached hydrogens (tertiary/aromatic N) is 1. The van der Waals surface area contributed by atoms with E-state index in [1.807, 2.05) is 0 Å². The van der Waals surface area contributed by atoms with Crippen molar-refractivity contribution in [3.8, 4) is 0 Å². The molecule has 1 saturated heterocycles. The summed E-state index contributed by atoms with van der Waals surface area (Å²) in [5, 5.41) is 3.46. The Balaban J connectivity index is 2.25. The molecule has 3 nitrogen and oxygen atoms in total. The summed E-state index contributed by atoms with van der Waals surface area (Å²) in [4.78, 5) is 2.38. The number of hydrogen-bond acceptors (Lipinski definition) is 3. The highest BCUT2D eigenvalue weighted by Gasteiger charge is 2.20. The summed E-state index contributed by atoms with van der Waals surface area (Å²) in [6.45, 7) is 7.67. The highest BCUT2D eigenvalue weighted by molar-refractivity contribution is 4.78. The fourth-order valence-corrected chi connectivity index (χ4v) is 2.02. The highest BCUT2D eigenvalue weighted by atomic mass is 15.1. The first-order chi connectivity index (χ1) is 6.26. The molecule has 2 atom stereocenters. The zero-order chi connectivity index (χ0) is 9.68. The van der Waals surface area contributed by atoms with Crippen LogP contribution in [-0.4, -0.2) is 44.7 Å². The second-order valence-electron chi connectivity index (χ2n) is 4.22. The number of nitrogens with one attached hydrogen (secondary N) is 1. The van der Waals surface area contributed by atoms with Crippen LogP contribution in [0.25, 0.3) is 0 Å². The molecule has 0 radical (unpaired) electrons. The summed E-state index contributed by atoms with van der Waals surface area (Å²) >= 11 is 0. The van der Waals surface area contributed by atoms with Crippen LogP contribution >= 0.6 is 0 Å². The molecule has 3 heteroatoms. The Hall–Kier alpha value is -0.120. The molecule has 0 bridgehead atoms. The van der Waals surface area contributed by atoms with E-state index in [2.05, 4.69) is 24.2 Å². The van der Waals surface area contributed by atoms with E-state index in [4.69, 9.17) is 5.73 Å². The Morgan fingerprint density at radius 2 is 2.08 bits per heavy atom. The van der Waals surface area contributed by atoms with E-state index in [9.17, 15) is 0 Å². The maximum atomic E-state index is 5.68. The van der Waals surface area contributed by atoms with Crippen LogP contribution in [0.5, 0.6) is 0 Å². The van der Waals surface area contributed by atoms with Crippen molar-refractivity contribution in [2.75, 3.05) is 39.8 Å². The highest BCUT2D eigenvalue weighted by Crippen LogP contribution is 2.15. The zero-order valence-electron chi connectivity index (χ0n) is 8.92. The second kappa shape index (κ2) is 5.58. The predicted octanol–water partition coefficient (Wildman–Crippen LogP) is 0.123. The average molecular weight is 185 g/mol. The smallest absolute Gasteiger partial charge is 0.00187 e. The minimum absolute atomic E-state index is 0.698. The molecule has 1 aliphatic rings. The van der Waals surface area contributed by atoms with Gasteiger partial charge in [0, 0.05) is 6.54 Å². The Labute approximate surface area is 81.7 Å². The number of rotatable bonds is 4.